The Hall–Kier alpha value is -2.84. The van der Waals surface area contributed by atoms with Gasteiger partial charge in [-0.25, -0.2) is 4.57 Å². The highest BCUT2D eigenvalue weighted by atomic mass is 31.2. The molecule has 0 aliphatic carbocycles. The van der Waals surface area contributed by atoms with E-state index in [-0.39, 0.29) is 19.1 Å². The standard InChI is InChI=1S/C81H147N2O6P/c1-6-8-10-12-14-16-18-20-22-24-26-28-30-32-34-35-36-37-38-39-40-41-42-43-44-45-46-47-49-51-53-55-57-59-61-63-65-67-69-71-73-75-81(85)82-79(78-89-90(86,87)88-77-76-83(3,4)5)80(84)74-72-70-68-66-64-62-60-58-56-54-52-50-48-33-31-29-27-25-23-21-19-17-15-13-11-9-7-2/h8,10,14,16,20,22,26,28,32,34,36-37,39-40,42-43,72,74,79-80,84H,6-7,9,11-13,15,17-19,21,23-25,27,29-31,33,35,38,41,44-71,73,75-78H2,1-5H3,(H-,82,85,86,87)/p+1/b10-8-,16-14-,22-20-,28-26-,34-32-,37-36-,40-39-,43-42-,74-72+. The monoisotopic (exact) mass is 1280 g/mol. The van der Waals surface area contributed by atoms with E-state index in [0.717, 1.165) is 89.9 Å². The van der Waals surface area contributed by atoms with Gasteiger partial charge >= 0.3 is 7.82 Å². The molecule has 0 aromatic carbocycles. The van der Waals surface area contributed by atoms with Crippen molar-refractivity contribution >= 4 is 13.7 Å². The van der Waals surface area contributed by atoms with Gasteiger partial charge in [-0.15, -0.1) is 0 Å². The molecule has 9 heteroatoms. The van der Waals surface area contributed by atoms with Gasteiger partial charge in [-0.1, -0.05) is 367 Å². The summed E-state index contributed by atoms with van der Waals surface area (Å²) in [5.74, 6) is -0.175. The number of amides is 1. The zero-order valence-electron chi connectivity index (χ0n) is 59.9. The first-order valence-corrected chi connectivity index (χ1v) is 39.8. The minimum Gasteiger partial charge on any atom is -0.387 e. The molecule has 0 aliphatic heterocycles. The van der Waals surface area contributed by atoms with Crippen LogP contribution >= 0.6 is 7.82 Å². The summed E-state index contributed by atoms with van der Waals surface area (Å²) in [5, 5.41) is 14.0. The van der Waals surface area contributed by atoms with Crippen molar-refractivity contribution in [3.8, 4) is 0 Å². The first-order chi connectivity index (χ1) is 44.0. The molecule has 3 atom stereocenters. The molecule has 0 aromatic rings. The lowest BCUT2D eigenvalue weighted by Gasteiger charge is -2.25. The number of unbranched alkanes of at least 4 members (excludes halogenated alkanes) is 41. The first-order valence-electron chi connectivity index (χ1n) is 38.3. The molecule has 0 saturated carbocycles. The molecule has 0 aromatic heterocycles. The Morgan fingerprint density at radius 2 is 0.667 bits per heavy atom. The van der Waals surface area contributed by atoms with Crippen molar-refractivity contribution in [2.45, 2.75) is 360 Å². The van der Waals surface area contributed by atoms with Gasteiger partial charge < -0.3 is 19.8 Å². The molecule has 0 saturated heterocycles. The molecule has 0 spiro atoms. The predicted molar refractivity (Wildman–Crippen MR) is 396 cm³/mol. The number of aliphatic hydroxyl groups excluding tert-OH is 1. The van der Waals surface area contributed by atoms with Gasteiger partial charge in [0.25, 0.3) is 0 Å². The van der Waals surface area contributed by atoms with E-state index in [2.05, 4.69) is 116 Å². The molecule has 0 bridgehead atoms. The van der Waals surface area contributed by atoms with Crippen LogP contribution in [0, 0.1) is 0 Å². The fourth-order valence-corrected chi connectivity index (χ4v) is 11.9. The highest BCUT2D eigenvalue weighted by Gasteiger charge is 2.28. The Balaban J connectivity index is 4.02. The minimum absolute atomic E-state index is 0.0595. The number of rotatable bonds is 70. The third-order valence-electron chi connectivity index (χ3n) is 17.0. The Bertz CT molecular complexity index is 1840. The van der Waals surface area contributed by atoms with Crippen LogP contribution in [0.5, 0.6) is 0 Å². The summed E-state index contributed by atoms with van der Waals surface area (Å²) in [7, 11) is 1.58. The molecule has 90 heavy (non-hydrogen) atoms. The van der Waals surface area contributed by atoms with Crippen molar-refractivity contribution in [3.05, 3.63) is 109 Å². The summed E-state index contributed by atoms with van der Waals surface area (Å²) in [5.41, 5.74) is 0. The van der Waals surface area contributed by atoms with E-state index in [1.165, 1.54) is 238 Å². The molecular formula is C81H148N2O6P+. The molecule has 0 radical (unpaired) electrons. The molecule has 3 N–H and O–H groups in total. The fraction of sp³-hybridized carbons (Fsp3) is 0.765. The van der Waals surface area contributed by atoms with Gasteiger partial charge in [0.05, 0.1) is 39.9 Å². The zero-order valence-corrected chi connectivity index (χ0v) is 60.8. The molecule has 0 fully saturated rings. The summed E-state index contributed by atoms with van der Waals surface area (Å²) in [6.07, 6.45) is 104. The van der Waals surface area contributed by atoms with Gasteiger partial charge in [-0.3, -0.25) is 13.8 Å². The molecule has 1 amide bonds. The number of allylic oxidation sites excluding steroid dienone is 17. The lowest BCUT2D eigenvalue weighted by molar-refractivity contribution is -0.870. The molecule has 0 rings (SSSR count). The number of nitrogens with one attached hydrogen (secondary N) is 1. The van der Waals surface area contributed by atoms with Crippen molar-refractivity contribution < 1.29 is 32.9 Å². The van der Waals surface area contributed by atoms with Crippen molar-refractivity contribution in [2.75, 3.05) is 40.9 Å². The number of aliphatic hydroxyl groups is 1. The summed E-state index contributed by atoms with van der Waals surface area (Å²) in [6, 6.07) is -0.853. The molecule has 522 valence electrons. The summed E-state index contributed by atoms with van der Waals surface area (Å²) in [4.78, 5) is 23.5. The molecular weight excluding hydrogens is 1130 g/mol. The smallest absolute Gasteiger partial charge is 0.387 e. The van der Waals surface area contributed by atoms with E-state index in [4.69, 9.17) is 9.05 Å². The van der Waals surface area contributed by atoms with Gasteiger partial charge in [-0.2, -0.15) is 0 Å². The van der Waals surface area contributed by atoms with Crippen LogP contribution in [0.2, 0.25) is 0 Å². The highest BCUT2D eigenvalue weighted by Crippen LogP contribution is 2.43. The van der Waals surface area contributed by atoms with E-state index in [9.17, 15) is 19.4 Å². The number of quaternary nitrogens is 1. The molecule has 0 aliphatic rings. The molecule has 8 nitrogen and oxygen atoms in total. The fourth-order valence-electron chi connectivity index (χ4n) is 11.1. The van der Waals surface area contributed by atoms with Crippen LogP contribution in [0.15, 0.2) is 109 Å². The highest BCUT2D eigenvalue weighted by molar-refractivity contribution is 7.47. The normalized spacial score (nSPS) is 14.2. The van der Waals surface area contributed by atoms with Crippen LogP contribution in [-0.4, -0.2) is 73.4 Å². The second-order valence-corrected chi connectivity index (χ2v) is 28.5. The number of nitrogens with zero attached hydrogens (tertiary/aromatic N) is 1. The summed E-state index contributed by atoms with van der Waals surface area (Å²) < 4.78 is 23.9. The number of hydrogen-bond acceptors (Lipinski definition) is 5. The van der Waals surface area contributed by atoms with Gasteiger partial charge in [0.15, 0.2) is 0 Å². The number of carbonyl (C=O) groups excluding carboxylic acids is 1. The van der Waals surface area contributed by atoms with Crippen molar-refractivity contribution in [2.24, 2.45) is 0 Å². The van der Waals surface area contributed by atoms with Crippen LogP contribution in [0.4, 0.5) is 0 Å². The topological polar surface area (TPSA) is 105 Å². The van der Waals surface area contributed by atoms with Crippen molar-refractivity contribution in [1.29, 1.82) is 0 Å². The first kappa shape index (κ1) is 87.2. The maximum atomic E-state index is 13.1. The average Bonchev–Trinajstić information content (AvgIpc) is 3.09. The Kier molecular flexibility index (Phi) is 68.3. The van der Waals surface area contributed by atoms with Crippen LogP contribution in [0.3, 0.4) is 0 Å². The van der Waals surface area contributed by atoms with Crippen LogP contribution < -0.4 is 5.32 Å². The second kappa shape index (κ2) is 70.5. The van der Waals surface area contributed by atoms with Gasteiger partial charge in [0, 0.05) is 6.42 Å². The predicted octanol–water partition coefficient (Wildman–Crippen LogP) is 25.0. The molecule has 0 heterocycles. The van der Waals surface area contributed by atoms with Crippen LogP contribution in [-0.2, 0) is 18.4 Å². The number of hydrogen-bond donors (Lipinski definition) is 3. The average molecular weight is 1280 g/mol. The van der Waals surface area contributed by atoms with Crippen LogP contribution in [0.25, 0.3) is 0 Å². The maximum Gasteiger partial charge on any atom is 0.472 e. The number of phosphoric acid groups is 1. The number of likely N-dealkylation sites (N-methyl/N-ethyl adjacent to an activating group) is 1. The van der Waals surface area contributed by atoms with Gasteiger partial charge in [0.1, 0.15) is 13.2 Å². The molecule has 3 unspecified atom stereocenters. The summed E-state index contributed by atoms with van der Waals surface area (Å²) in [6.45, 7) is 4.74. The lowest BCUT2D eigenvalue weighted by Crippen LogP contribution is -2.45. The maximum absolute atomic E-state index is 13.1. The number of carbonyl (C=O) groups is 1. The largest absolute Gasteiger partial charge is 0.472 e. The van der Waals surface area contributed by atoms with E-state index in [1.54, 1.807) is 6.08 Å². The van der Waals surface area contributed by atoms with Crippen molar-refractivity contribution in [3.63, 3.8) is 0 Å². The zero-order chi connectivity index (χ0) is 65.5. The van der Waals surface area contributed by atoms with E-state index < -0.39 is 20.0 Å². The Morgan fingerprint density at radius 3 is 0.978 bits per heavy atom. The second-order valence-electron chi connectivity index (χ2n) is 27.0. The third kappa shape index (κ3) is 72.6. The number of phosphoric ester groups is 1. The Labute approximate surface area is 559 Å². The Morgan fingerprint density at radius 1 is 0.389 bits per heavy atom. The van der Waals surface area contributed by atoms with Crippen LogP contribution in [0.1, 0.15) is 348 Å². The minimum atomic E-state index is -4.36. The summed E-state index contributed by atoms with van der Waals surface area (Å²) >= 11 is 0. The quantitative estimate of drug-likeness (QED) is 0.0243. The lowest BCUT2D eigenvalue weighted by atomic mass is 10.0. The van der Waals surface area contributed by atoms with E-state index in [0.29, 0.717) is 17.4 Å². The van der Waals surface area contributed by atoms with Gasteiger partial charge in [0.2, 0.25) is 5.91 Å². The van der Waals surface area contributed by atoms with Crippen molar-refractivity contribution in [1.82, 2.24) is 5.32 Å². The SMILES string of the molecule is CC/C=C\C/C=C\C/C=C\C/C=C\C/C=C\C/C=C\C/C=C\C/C=C\CCCCCCCCCCCCCCCCCCC(=O)NC(COP(=O)(O)OCC[N+](C)(C)C)C(O)/C=C/CCCCCCCCCCCCCCCCCCCCCCCCCCC. The third-order valence-corrected chi connectivity index (χ3v) is 18.0. The van der Waals surface area contributed by atoms with E-state index >= 15 is 0 Å². The van der Waals surface area contributed by atoms with E-state index in [1.807, 2.05) is 27.2 Å². The van der Waals surface area contributed by atoms with Gasteiger partial charge in [-0.05, 0) is 83.5 Å².